The molecule has 216 valence electrons. The third-order valence-corrected chi connectivity index (χ3v) is 7.48. The van der Waals surface area contributed by atoms with Gasteiger partial charge in [-0.2, -0.15) is 4.99 Å². The molecule has 5 rings (SSSR count). The lowest BCUT2D eigenvalue weighted by molar-refractivity contribution is -0.274. The zero-order chi connectivity index (χ0) is 29.9. The normalized spacial score (nSPS) is 14.9. The number of carbonyl (C=O) groups excluding carboxylic acids is 1. The molecular weight excluding hydrogens is 565 g/mol. The number of hydrogen-bond donors (Lipinski definition) is 1. The van der Waals surface area contributed by atoms with Crippen molar-refractivity contribution in [3.63, 3.8) is 0 Å². The fraction of sp³-hybridized carbons (Fsp3) is 0.200. The largest absolute Gasteiger partial charge is 0.573 e. The Morgan fingerprint density at radius 1 is 1.05 bits per heavy atom. The molecule has 0 bridgehead atoms. The number of nitrogens with one attached hydrogen (secondary N) is 1. The first-order chi connectivity index (χ1) is 20.1. The van der Waals surface area contributed by atoms with Gasteiger partial charge in [0.15, 0.2) is 11.0 Å². The number of aromatic nitrogens is 3. The van der Waals surface area contributed by atoms with Crippen molar-refractivity contribution in [2.75, 3.05) is 17.2 Å². The Labute approximate surface area is 244 Å². The van der Waals surface area contributed by atoms with Crippen molar-refractivity contribution in [1.82, 2.24) is 20.1 Å². The minimum atomic E-state index is -4.75. The summed E-state index contributed by atoms with van der Waals surface area (Å²) in [7, 11) is 0. The maximum atomic E-state index is 12.7. The number of carbonyl (C=O) groups is 1. The van der Waals surface area contributed by atoms with E-state index in [1.165, 1.54) is 35.3 Å². The lowest BCUT2D eigenvalue weighted by Crippen LogP contribution is -2.27. The highest BCUT2D eigenvalue weighted by Gasteiger charge is 2.31. The number of aliphatic imine (C=N–C) groups is 1. The molecule has 0 unspecified atom stereocenters. The maximum Gasteiger partial charge on any atom is 0.573 e. The summed E-state index contributed by atoms with van der Waals surface area (Å²) in [6.45, 7) is 6.79. The molecule has 1 saturated heterocycles. The minimum Gasteiger partial charge on any atom is -0.406 e. The number of hydrogen-bond acceptors (Lipinski definition) is 5. The first kappa shape index (κ1) is 28.9. The number of anilines is 1. The third-order valence-electron chi connectivity index (χ3n) is 6.52. The first-order valence-electron chi connectivity index (χ1n) is 13.0. The zero-order valence-corrected chi connectivity index (χ0v) is 23.8. The van der Waals surface area contributed by atoms with E-state index in [0.717, 1.165) is 45.8 Å². The molecule has 12 heteroatoms. The molecule has 1 fully saturated rings. The van der Waals surface area contributed by atoms with Gasteiger partial charge in [0.1, 0.15) is 12.1 Å². The molecule has 0 spiro atoms. The average Bonchev–Trinajstić information content (AvgIpc) is 3.62. The molecule has 0 aliphatic carbocycles. The quantitative estimate of drug-likeness (QED) is 0.257. The zero-order valence-electron chi connectivity index (χ0n) is 23.0. The SMILES string of the molecule is C/C(=C\NC(=O)N=C1SCCN1c1c(C)cccc1C)c1ccc(-c2ncn(-c3ccc(OC(F)(F)F)cc3)n2)cc1. The van der Waals surface area contributed by atoms with Crippen LogP contribution in [-0.2, 0) is 0 Å². The molecule has 0 radical (unpaired) electrons. The van der Waals surface area contributed by atoms with E-state index < -0.39 is 12.4 Å². The molecule has 4 aromatic rings. The second-order valence-electron chi connectivity index (χ2n) is 9.54. The van der Waals surface area contributed by atoms with Gasteiger partial charge in [-0.15, -0.1) is 18.3 Å². The summed E-state index contributed by atoms with van der Waals surface area (Å²) in [5.41, 5.74) is 6.38. The molecule has 2 heterocycles. The van der Waals surface area contributed by atoms with Crippen LogP contribution in [0.25, 0.3) is 22.6 Å². The van der Waals surface area contributed by atoms with Crippen LogP contribution in [-0.4, -0.2) is 44.6 Å². The van der Waals surface area contributed by atoms with E-state index in [4.69, 9.17) is 0 Å². The molecule has 1 N–H and O–H groups in total. The lowest BCUT2D eigenvalue weighted by Gasteiger charge is -2.22. The molecule has 1 aromatic heterocycles. The van der Waals surface area contributed by atoms with Crippen molar-refractivity contribution in [2.45, 2.75) is 27.1 Å². The van der Waals surface area contributed by atoms with Crippen molar-refractivity contribution in [2.24, 2.45) is 4.99 Å². The van der Waals surface area contributed by atoms with E-state index >= 15 is 0 Å². The molecule has 1 aliphatic heterocycles. The Morgan fingerprint density at radius 2 is 1.74 bits per heavy atom. The number of allylic oxidation sites excluding steroid dienone is 1. The predicted molar refractivity (Wildman–Crippen MR) is 159 cm³/mol. The van der Waals surface area contributed by atoms with E-state index in [0.29, 0.717) is 16.7 Å². The highest BCUT2D eigenvalue weighted by molar-refractivity contribution is 8.14. The maximum absolute atomic E-state index is 12.7. The van der Waals surface area contributed by atoms with Crippen LogP contribution >= 0.6 is 11.8 Å². The summed E-state index contributed by atoms with van der Waals surface area (Å²) in [4.78, 5) is 23.4. The van der Waals surface area contributed by atoms with Gasteiger partial charge in [0.05, 0.1) is 5.69 Å². The number of thioether (sulfide) groups is 1. The molecule has 0 saturated carbocycles. The van der Waals surface area contributed by atoms with E-state index in [2.05, 4.69) is 56.0 Å². The molecular formula is C30H27F3N6O2S. The number of para-hydroxylation sites is 1. The van der Waals surface area contributed by atoms with Crippen LogP contribution in [0, 0.1) is 13.8 Å². The highest BCUT2D eigenvalue weighted by atomic mass is 32.2. The number of halogens is 3. The van der Waals surface area contributed by atoms with Gasteiger partial charge in [-0.25, -0.2) is 14.5 Å². The van der Waals surface area contributed by atoms with Gasteiger partial charge in [-0.3, -0.25) is 0 Å². The summed E-state index contributed by atoms with van der Waals surface area (Å²) < 4.78 is 42.6. The molecule has 8 nitrogen and oxygen atoms in total. The Bertz CT molecular complexity index is 1630. The Kier molecular flexibility index (Phi) is 8.34. The van der Waals surface area contributed by atoms with Gasteiger partial charge in [-0.05, 0) is 67.3 Å². The van der Waals surface area contributed by atoms with Gasteiger partial charge in [0.2, 0.25) is 0 Å². The minimum absolute atomic E-state index is 0.314. The molecule has 42 heavy (non-hydrogen) atoms. The van der Waals surface area contributed by atoms with Crippen LogP contribution in [0.1, 0.15) is 23.6 Å². The number of nitrogens with zero attached hydrogens (tertiary/aromatic N) is 5. The van der Waals surface area contributed by atoms with Crippen LogP contribution in [0.3, 0.4) is 0 Å². The molecule has 0 atom stereocenters. The van der Waals surface area contributed by atoms with E-state index in [-0.39, 0.29) is 5.75 Å². The summed E-state index contributed by atoms with van der Waals surface area (Å²) in [5, 5.41) is 7.87. The van der Waals surface area contributed by atoms with Crippen LogP contribution in [0.4, 0.5) is 23.7 Å². The van der Waals surface area contributed by atoms with Gasteiger partial charge >= 0.3 is 12.4 Å². The predicted octanol–water partition coefficient (Wildman–Crippen LogP) is 7.13. The van der Waals surface area contributed by atoms with Crippen molar-refractivity contribution in [1.29, 1.82) is 0 Å². The second-order valence-corrected chi connectivity index (χ2v) is 10.6. The van der Waals surface area contributed by atoms with E-state index in [1.54, 1.807) is 18.0 Å². The Balaban J connectivity index is 1.22. The monoisotopic (exact) mass is 592 g/mol. The second kappa shape index (κ2) is 12.1. The summed E-state index contributed by atoms with van der Waals surface area (Å²) in [5.74, 6) is 0.994. The van der Waals surface area contributed by atoms with Crippen molar-refractivity contribution >= 4 is 34.2 Å². The number of benzene rings is 3. The van der Waals surface area contributed by atoms with Crippen molar-refractivity contribution in [3.8, 4) is 22.8 Å². The number of alkyl halides is 3. The van der Waals surface area contributed by atoms with Crippen molar-refractivity contribution < 1.29 is 22.7 Å². The first-order valence-corrected chi connectivity index (χ1v) is 14.0. The van der Waals surface area contributed by atoms with Crippen LogP contribution in [0.5, 0.6) is 5.75 Å². The summed E-state index contributed by atoms with van der Waals surface area (Å²) in [6.07, 6.45) is -1.64. The number of amides is 2. The third kappa shape index (κ3) is 6.82. The number of urea groups is 1. The Morgan fingerprint density at radius 3 is 2.40 bits per heavy atom. The van der Waals surface area contributed by atoms with Gasteiger partial charge < -0.3 is 15.0 Å². The number of rotatable bonds is 6. The fourth-order valence-corrected chi connectivity index (χ4v) is 5.45. The average molecular weight is 593 g/mol. The number of aryl methyl sites for hydroxylation is 2. The number of amidine groups is 1. The van der Waals surface area contributed by atoms with Gasteiger partial charge in [0.25, 0.3) is 0 Å². The summed E-state index contributed by atoms with van der Waals surface area (Å²) >= 11 is 1.56. The Hall–Kier alpha value is -4.58. The van der Waals surface area contributed by atoms with Gasteiger partial charge in [0, 0.05) is 29.7 Å². The summed E-state index contributed by atoms with van der Waals surface area (Å²) in [6, 6.07) is 18.5. The molecule has 1 aliphatic rings. The highest BCUT2D eigenvalue weighted by Crippen LogP contribution is 2.31. The standard InChI is InChI=1S/C30H27F3N6O2S/c1-19-5-4-6-20(2)26(19)38-15-16-42-29(38)36-28(40)34-17-21(3)22-7-9-23(10-8-22)27-35-18-39(37-27)24-11-13-25(14-12-24)41-30(31,32)33/h4-14,17-18H,15-16H2,1-3H3,(H,34,40)/b21-17+,36-29?. The topological polar surface area (TPSA) is 84.6 Å². The van der Waals surface area contributed by atoms with Crippen LogP contribution in [0.15, 0.2) is 84.2 Å². The molecule has 3 aromatic carbocycles. The van der Waals surface area contributed by atoms with Crippen molar-refractivity contribution in [3.05, 3.63) is 95.9 Å². The van der Waals surface area contributed by atoms with Gasteiger partial charge in [-0.1, -0.05) is 54.2 Å². The lowest BCUT2D eigenvalue weighted by atomic mass is 10.1. The van der Waals surface area contributed by atoms with E-state index in [9.17, 15) is 18.0 Å². The smallest absolute Gasteiger partial charge is 0.406 e. The fourth-order valence-electron chi connectivity index (χ4n) is 4.51. The van der Waals surface area contributed by atoms with Crippen LogP contribution in [0.2, 0.25) is 0 Å². The van der Waals surface area contributed by atoms with Crippen LogP contribution < -0.4 is 15.0 Å². The van der Waals surface area contributed by atoms with E-state index in [1.807, 2.05) is 37.3 Å². The molecule has 2 amide bonds. The number of ether oxygens (including phenoxy) is 1.